The second-order valence-corrected chi connectivity index (χ2v) is 7.15. The zero-order valence-corrected chi connectivity index (χ0v) is 16.8. The van der Waals surface area contributed by atoms with Crippen LogP contribution >= 0.6 is 0 Å². The number of rotatable bonds is 6. The zero-order valence-electron chi connectivity index (χ0n) is 16.8. The van der Waals surface area contributed by atoms with Crippen molar-refractivity contribution in [1.82, 2.24) is 10.9 Å². The molecule has 0 aliphatic carbocycles. The fourth-order valence-electron chi connectivity index (χ4n) is 2.67. The van der Waals surface area contributed by atoms with Crippen molar-refractivity contribution in [1.29, 1.82) is 0 Å². The van der Waals surface area contributed by atoms with Crippen molar-refractivity contribution >= 4 is 23.4 Å². The summed E-state index contributed by atoms with van der Waals surface area (Å²) >= 11 is 0. The highest BCUT2D eigenvalue weighted by atomic mass is 16.2. The van der Waals surface area contributed by atoms with Gasteiger partial charge in [0.25, 0.3) is 5.91 Å². The quantitative estimate of drug-likeness (QED) is 0.668. The first kappa shape index (κ1) is 21.2. The lowest BCUT2D eigenvalue weighted by Crippen LogP contribution is -2.41. The molecule has 28 heavy (non-hydrogen) atoms. The summed E-state index contributed by atoms with van der Waals surface area (Å²) in [5.74, 6) is -0.698. The fourth-order valence-corrected chi connectivity index (χ4v) is 2.67. The van der Waals surface area contributed by atoms with Crippen molar-refractivity contribution in [2.45, 2.75) is 46.5 Å². The number of carbonyl (C=O) groups is 3. The summed E-state index contributed by atoms with van der Waals surface area (Å²) in [6.07, 6.45) is 0.00140. The Labute approximate surface area is 165 Å². The van der Waals surface area contributed by atoms with Gasteiger partial charge in [0.2, 0.25) is 11.8 Å². The van der Waals surface area contributed by atoms with E-state index in [2.05, 4.69) is 30.0 Å². The lowest BCUT2D eigenvalue weighted by molar-refractivity contribution is -0.124. The summed E-state index contributed by atoms with van der Waals surface area (Å²) in [6.45, 7) is 8.05. The lowest BCUT2D eigenvalue weighted by Gasteiger charge is -2.10. The molecule has 0 fully saturated rings. The number of hydrogen-bond donors (Lipinski definition) is 3. The third kappa shape index (κ3) is 6.23. The molecule has 2 aromatic carbocycles. The van der Waals surface area contributed by atoms with Gasteiger partial charge in [0.05, 0.1) is 0 Å². The first-order valence-electron chi connectivity index (χ1n) is 9.32. The predicted molar refractivity (Wildman–Crippen MR) is 110 cm³/mol. The first-order chi connectivity index (χ1) is 13.3. The number of aryl methyl sites for hydroxylation is 2. The summed E-state index contributed by atoms with van der Waals surface area (Å²) in [5, 5.41) is 2.79. The molecule has 0 unspecified atom stereocenters. The molecule has 2 rings (SSSR count). The van der Waals surface area contributed by atoms with E-state index in [4.69, 9.17) is 0 Å². The SMILES string of the molecule is Cc1ccc(NC(=O)CCC(=O)NNC(=O)c2ccc(C(C)C)cc2)c(C)c1. The molecule has 0 aromatic heterocycles. The summed E-state index contributed by atoms with van der Waals surface area (Å²) in [4.78, 5) is 36.0. The maximum Gasteiger partial charge on any atom is 0.269 e. The molecule has 0 saturated carbocycles. The zero-order chi connectivity index (χ0) is 20.7. The van der Waals surface area contributed by atoms with E-state index in [1.165, 1.54) is 0 Å². The molecule has 0 atom stereocenters. The highest BCUT2D eigenvalue weighted by Crippen LogP contribution is 2.16. The van der Waals surface area contributed by atoms with Crippen molar-refractivity contribution in [3.05, 3.63) is 64.7 Å². The van der Waals surface area contributed by atoms with E-state index in [-0.39, 0.29) is 18.7 Å². The van der Waals surface area contributed by atoms with Gasteiger partial charge in [-0.15, -0.1) is 0 Å². The highest BCUT2D eigenvalue weighted by Gasteiger charge is 2.11. The van der Waals surface area contributed by atoms with E-state index in [1.807, 2.05) is 44.2 Å². The normalized spacial score (nSPS) is 10.5. The Morgan fingerprint density at radius 3 is 2.11 bits per heavy atom. The molecule has 2 aromatic rings. The topological polar surface area (TPSA) is 87.3 Å². The third-order valence-electron chi connectivity index (χ3n) is 4.39. The van der Waals surface area contributed by atoms with Crippen LogP contribution in [0.1, 0.15) is 59.7 Å². The van der Waals surface area contributed by atoms with Crippen LogP contribution in [0.25, 0.3) is 0 Å². The molecule has 0 radical (unpaired) electrons. The van der Waals surface area contributed by atoms with Crippen LogP contribution in [0.15, 0.2) is 42.5 Å². The Morgan fingerprint density at radius 2 is 1.50 bits per heavy atom. The van der Waals surface area contributed by atoms with Crippen molar-refractivity contribution in [3.8, 4) is 0 Å². The molecule has 6 nitrogen and oxygen atoms in total. The van der Waals surface area contributed by atoms with Crippen molar-refractivity contribution in [2.24, 2.45) is 0 Å². The summed E-state index contributed by atoms with van der Waals surface area (Å²) in [5.41, 5.74) is 9.11. The van der Waals surface area contributed by atoms with E-state index in [0.29, 0.717) is 11.5 Å². The van der Waals surface area contributed by atoms with Gasteiger partial charge in [-0.1, -0.05) is 43.7 Å². The summed E-state index contributed by atoms with van der Waals surface area (Å²) in [6, 6.07) is 12.9. The van der Waals surface area contributed by atoms with E-state index >= 15 is 0 Å². The number of benzene rings is 2. The Bertz CT molecular complexity index is 858. The molecular formula is C22H27N3O3. The van der Waals surface area contributed by atoms with Gasteiger partial charge in [-0.05, 0) is 49.1 Å². The number of anilines is 1. The Balaban J connectivity index is 1.75. The van der Waals surface area contributed by atoms with Crippen molar-refractivity contribution in [3.63, 3.8) is 0 Å². The second-order valence-electron chi connectivity index (χ2n) is 7.15. The van der Waals surface area contributed by atoms with E-state index in [0.717, 1.165) is 22.4 Å². The molecule has 0 saturated heterocycles. The lowest BCUT2D eigenvalue weighted by atomic mass is 10.0. The molecule has 3 amide bonds. The number of amides is 3. The molecule has 148 valence electrons. The summed E-state index contributed by atoms with van der Waals surface area (Å²) in [7, 11) is 0. The number of hydrazine groups is 1. The van der Waals surface area contributed by atoms with Crippen molar-refractivity contribution in [2.75, 3.05) is 5.32 Å². The van der Waals surface area contributed by atoms with Gasteiger partial charge < -0.3 is 5.32 Å². The van der Waals surface area contributed by atoms with E-state index in [1.54, 1.807) is 12.1 Å². The molecule has 0 heterocycles. The van der Waals surface area contributed by atoms with Crippen LogP contribution < -0.4 is 16.2 Å². The van der Waals surface area contributed by atoms with Crippen LogP contribution in [0.2, 0.25) is 0 Å². The van der Waals surface area contributed by atoms with Gasteiger partial charge in [-0.3, -0.25) is 25.2 Å². The minimum Gasteiger partial charge on any atom is -0.326 e. The molecule has 0 bridgehead atoms. The second kappa shape index (κ2) is 9.69. The van der Waals surface area contributed by atoms with E-state index in [9.17, 15) is 14.4 Å². The summed E-state index contributed by atoms with van der Waals surface area (Å²) < 4.78 is 0. The minimum absolute atomic E-state index is 0.0245. The van der Waals surface area contributed by atoms with Gasteiger partial charge in [0, 0.05) is 24.1 Å². The predicted octanol–water partition coefficient (Wildman–Crippen LogP) is 3.61. The van der Waals surface area contributed by atoms with Crippen LogP contribution in [0, 0.1) is 13.8 Å². The van der Waals surface area contributed by atoms with Crippen LogP contribution in [0.4, 0.5) is 5.69 Å². The van der Waals surface area contributed by atoms with Gasteiger partial charge in [-0.2, -0.15) is 0 Å². The average molecular weight is 381 g/mol. The number of hydrogen-bond acceptors (Lipinski definition) is 3. The Kier molecular flexibility index (Phi) is 7.32. The van der Waals surface area contributed by atoms with E-state index < -0.39 is 11.8 Å². The van der Waals surface area contributed by atoms with Crippen LogP contribution in [0.5, 0.6) is 0 Å². The fraction of sp³-hybridized carbons (Fsp3) is 0.318. The van der Waals surface area contributed by atoms with Gasteiger partial charge in [0.15, 0.2) is 0 Å². The Hall–Kier alpha value is -3.15. The Morgan fingerprint density at radius 1 is 0.857 bits per heavy atom. The number of nitrogens with one attached hydrogen (secondary N) is 3. The number of carbonyl (C=O) groups excluding carboxylic acids is 3. The molecule has 0 aliphatic heterocycles. The van der Waals surface area contributed by atoms with Crippen molar-refractivity contribution < 1.29 is 14.4 Å². The van der Waals surface area contributed by atoms with Crippen LogP contribution in [0.3, 0.4) is 0 Å². The minimum atomic E-state index is -0.428. The highest BCUT2D eigenvalue weighted by molar-refractivity contribution is 5.96. The van der Waals surface area contributed by atoms with Gasteiger partial charge in [0.1, 0.15) is 0 Å². The first-order valence-corrected chi connectivity index (χ1v) is 9.32. The third-order valence-corrected chi connectivity index (χ3v) is 4.39. The maximum atomic E-state index is 12.1. The molecule has 0 spiro atoms. The van der Waals surface area contributed by atoms with Crippen LogP contribution in [-0.2, 0) is 9.59 Å². The van der Waals surface area contributed by atoms with Gasteiger partial charge >= 0.3 is 0 Å². The smallest absolute Gasteiger partial charge is 0.269 e. The molecular weight excluding hydrogens is 354 g/mol. The largest absolute Gasteiger partial charge is 0.326 e. The van der Waals surface area contributed by atoms with Crippen LogP contribution in [-0.4, -0.2) is 17.7 Å². The maximum absolute atomic E-state index is 12.1. The molecule has 0 aliphatic rings. The standard InChI is InChI=1S/C22H27N3O3/c1-14(2)17-6-8-18(9-7-17)22(28)25-24-21(27)12-11-20(26)23-19-10-5-15(3)13-16(19)4/h5-10,13-14H,11-12H2,1-4H3,(H,23,26)(H,24,27)(H,25,28). The molecule has 6 heteroatoms. The average Bonchev–Trinajstić information content (AvgIpc) is 2.66. The van der Waals surface area contributed by atoms with Gasteiger partial charge in [-0.25, -0.2) is 0 Å². The molecule has 3 N–H and O–H groups in total. The monoisotopic (exact) mass is 381 g/mol.